The molecule has 1 aliphatic heterocycles. The molecule has 0 bridgehead atoms. The predicted octanol–water partition coefficient (Wildman–Crippen LogP) is 5.86. The molecule has 4 rings (SSSR count). The number of carbonyl (C=O) groups is 2. The number of benzene rings is 3. The number of anilines is 2. The van der Waals surface area contributed by atoms with Gasteiger partial charge >= 0.3 is 6.18 Å². The van der Waals surface area contributed by atoms with Crippen LogP contribution in [0.4, 0.5) is 24.5 Å². The second-order valence-corrected chi connectivity index (χ2v) is 12.5. The van der Waals surface area contributed by atoms with Gasteiger partial charge in [-0.2, -0.15) is 13.2 Å². The first-order chi connectivity index (χ1) is 21.0. The number of nitrogens with one attached hydrogen (secondary N) is 2. The summed E-state index contributed by atoms with van der Waals surface area (Å²) in [5.74, 6) is 0.0651. The van der Waals surface area contributed by atoms with Crippen molar-refractivity contribution in [1.29, 1.82) is 0 Å². The van der Waals surface area contributed by atoms with Gasteiger partial charge in [-0.1, -0.05) is 35.9 Å². The minimum absolute atomic E-state index is 0.0417. The number of hydrogen-bond acceptors (Lipinski definition) is 7. The number of hydrogen-bond donors (Lipinski definition) is 2. The molecular formula is C31H38F3N3O7S. The molecule has 3 aromatic rings. The summed E-state index contributed by atoms with van der Waals surface area (Å²) in [6.07, 6.45) is -4.23. The van der Waals surface area contributed by atoms with Gasteiger partial charge in [0, 0.05) is 19.7 Å². The van der Waals surface area contributed by atoms with Crippen molar-refractivity contribution in [2.45, 2.75) is 57.9 Å². The number of halogens is 3. The van der Waals surface area contributed by atoms with Crippen molar-refractivity contribution in [2.24, 2.45) is 0 Å². The molecule has 0 atom stereocenters. The molecule has 0 saturated carbocycles. The summed E-state index contributed by atoms with van der Waals surface area (Å²) in [5, 5.41) is 2.39. The standard InChI is InChI=1S/C16H13F3N2O4S.C10H13NO2.C5H12O/c17-16(18,19)11-2-1-3-13(8-11)26(23,24)21-6-7-25-15-5-4-12(20-10-22)9-14(15)21;1-8-3-5-10(6-4-8)7-13-11-9(2)12;1-5(2,3)6-4/h1-5,8-10H,6-7H2,(H,20,22);3-6H,7H2,1-2H3,(H,11,12);1-4H3. The average Bonchev–Trinajstić information content (AvgIpc) is 2.98. The van der Waals surface area contributed by atoms with Crippen molar-refractivity contribution in [3.63, 3.8) is 0 Å². The van der Waals surface area contributed by atoms with Crippen LogP contribution in [0.1, 0.15) is 44.4 Å². The van der Waals surface area contributed by atoms with Crippen LogP contribution in [0, 0.1) is 6.92 Å². The van der Waals surface area contributed by atoms with Gasteiger partial charge in [-0.15, -0.1) is 0 Å². The third-order valence-electron chi connectivity index (χ3n) is 5.94. The van der Waals surface area contributed by atoms with E-state index in [2.05, 4.69) is 10.8 Å². The molecule has 0 fully saturated rings. The average molecular weight is 654 g/mol. The fourth-order valence-corrected chi connectivity index (χ4v) is 4.96. The van der Waals surface area contributed by atoms with Crippen molar-refractivity contribution in [2.75, 3.05) is 29.9 Å². The Labute approximate surface area is 261 Å². The van der Waals surface area contributed by atoms with Crippen LogP contribution in [0.2, 0.25) is 0 Å². The summed E-state index contributed by atoms with van der Waals surface area (Å²) in [6, 6.07) is 15.9. The van der Waals surface area contributed by atoms with Crippen LogP contribution in [-0.4, -0.2) is 46.6 Å². The van der Waals surface area contributed by atoms with Crippen LogP contribution in [0.25, 0.3) is 0 Å². The lowest BCUT2D eigenvalue weighted by atomic mass is 10.2. The number of alkyl halides is 3. The number of hydroxylamine groups is 1. The zero-order valence-corrected chi connectivity index (χ0v) is 26.7. The minimum Gasteiger partial charge on any atom is -0.489 e. The van der Waals surface area contributed by atoms with Gasteiger partial charge < -0.3 is 14.8 Å². The molecule has 246 valence electrons. The lowest BCUT2D eigenvalue weighted by Crippen LogP contribution is -2.38. The van der Waals surface area contributed by atoms with E-state index >= 15 is 0 Å². The first kappa shape index (κ1) is 37.0. The third-order valence-corrected chi connectivity index (χ3v) is 7.75. The number of nitrogens with zero attached hydrogens (tertiary/aromatic N) is 1. The second-order valence-electron chi connectivity index (χ2n) is 10.6. The van der Waals surface area contributed by atoms with E-state index in [0.29, 0.717) is 24.8 Å². The number of rotatable bonds is 7. The number of methoxy groups -OCH3 is 1. The number of aryl methyl sites for hydroxylation is 1. The first-order valence-electron chi connectivity index (χ1n) is 13.6. The van der Waals surface area contributed by atoms with Gasteiger partial charge in [0.1, 0.15) is 12.4 Å². The molecule has 3 aromatic carbocycles. The molecule has 0 aromatic heterocycles. The quantitative estimate of drug-likeness (QED) is 0.242. The summed E-state index contributed by atoms with van der Waals surface area (Å²) < 4.78 is 75.8. The molecule has 1 aliphatic rings. The van der Waals surface area contributed by atoms with Crippen LogP contribution in [0.5, 0.6) is 5.75 Å². The van der Waals surface area contributed by atoms with Crippen LogP contribution < -0.4 is 19.8 Å². The number of amides is 2. The SMILES string of the molecule is CC(=O)NOCc1ccc(C)cc1.COC(C)(C)C.O=CNc1ccc2c(c1)N(S(=O)(=O)c1cccc(C(F)(F)F)c1)CCO2. The Morgan fingerprint density at radius 2 is 1.69 bits per heavy atom. The van der Waals surface area contributed by atoms with E-state index in [0.717, 1.165) is 28.1 Å². The van der Waals surface area contributed by atoms with Crippen LogP contribution in [0.3, 0.4) is 0 Å². The Morgan fingerprint density at radius 1 is 1.04 bits per heavy atom. The number of ether oxygens (including phenoxy) is 2. The van der Waals surface area contributed by atoms with Crippen molar-refractivity contribution in [3.05, 3.63) is 83.4 Å². The van der Waals surface area contributed by atoms with Crippen molar-refractivity contribution >= 4 is 33.7 Å². The molecule has 2 N–H and O–H groups in total. The largest absolute Gasteiger partial charge is 0.489 e. The van der Waals surface area contributed by atoms with E-state index in [1.165, 1.54) is 30.7 Å². The van der Waals surface area contributed by atoms with E-state index in [1.54, 1.807) is 7.11 Å². The minimum atomic E-state index is -4.66. The Hall–Kier alpha value is -4.14. The lowest BCUT2D eigenvalue weighted by molar-refractivity contribution is -0.137. The van der Waals surface area contributed by atoms with Crippen molar-refractivity contribution in [3.8, 4) is 5.75 Å². The summed E-state index contributed by atoms with van der Waals surface area (Å²) in [6.45, 7) is 9.88. The molecule has 10 nitrogen and oxygen atoms in total. The Balaban J connectivity index is 0.000000308. The van der Waals surface area contributed by atoms with Gasteiger partial charge in [-0.05, 0) is 69.7 Å². The zero-order chi connectivity index (χ0) is 33.8. The highest BCUT2D eigenvalue weighted by Gasteiger charge is 2.34. The topological polar surface area (TPSA) is 123 Å². The number of sulfonamides is 1. The maximum Gasteiger partial charge on any atom is 0.416 e. The fourth-order valence-electron chi connectivity index (χ4n) is 3.47. The predicted molar refractivity (Wildman–Crippen MR) is 164 cm³/mol. The molecule has 14 heteroatoms. The monoisotopic (exact) mass is 653 g/mol. The van der Waals surface area contributed by atoms with E-state index in [9.17, 15) is 31.2 Å². The second kappa shape index (κ2) is 16.3. The third kappa shape index (κ3) is 12.0. The summed E-state index contributed by atoms with van der Waals surface area (Å²) >= 11 is 0. The summed E-state index contributed by atoms with van der Waals surface area (Å²) in [5.41, 5.74) is 3.98. The maximum atomic E-state index is 12.9. The van der Waals surface area contributed by atoms with Crippen LogP contribution in [0.15, 0.2) is 71.6 Å². The number of carbonyl (C=O) groups excluding carboxylic acids is 2. The summed E-state index contributed by atoms with van der Waals surface area (Å²) in [4.78, 5) is 25.5. The highest BCUT2D eigenvalue weighted by Crippen LogP contribution is 2.38. The molecule has 0 radical (unpaired) electrons. The van der Waals surface area contributed by atoms with Gasteiger partial charge in [0.05, 0.1) is 34.9 Å². The Kier molecular flexibility index (Phi) is 13.4. The molecule has 0 saturated heterocycles. The lowest BCUT2D eigenvalue weighted by Gasteiger charge is -2.31. The molecule has 45 heavy (non-hydrogen) atoms. The van der Waals surface area contributed by atoms with Crippen LogP contribution >= 0.6 is 0 Å². The van der Waals surface area contributed by atoms with E-state index < -0.39 is 26.7 Å². The normalized spacial score (nSPS) is 12.7. The van der Waals surface area contributed by atoms with Gasteiger partial charge in [-0.3, -0.25) is 18.7 Å². The molecule has 0 spiro atoms. The van der Waals surface area contributed by atoms with Crippen LogP contribution in [-0.2, 0) is 42.0 Å². The van der Waals surface area contributed by atoms with Gasteiger partial charge in [-0.25, -0.2) is 13.9 Å². The fraction of sp³-hybridized carbons (Fsp3) is 0.355. The van der Waals surface area contributed by atoms with Crippen molar-refractivity contribution in [1.82, 2.24) is 5.48 Å². The van der Waals surface area contributed by atoms with Gasteiger partial charge in [0.2, 0.25) is 12.3 Å². The highest BCUT2D eigenvalue weighted by atomic mass is 32.2. The number of fused-ring (bicyclic) bond motifs is 1. The Morgan fingerprint density at radius 3 is 2.24 bits per heavy atom. The van der Waals surface area contributed by atoms with E-state index in [1.807, 2.05) is 52.0 Å². The Bertz CT molecular complexity index is 1520. The summed E-state index contributed by atoms with van der Waals surface area (Å²) in [7, 11) is -2.54. The highest BCUT2D eigenvalue weighted by molar-refractivity contribution is 7.92. The first-order valence-corrected chi connectivity index (χ1v) is 15.1. The zero-order valence-electron chi connectivity index (χ0n) is 25.9. The molecular weight excluding hydrogens is 615 g/mol. The van der Waals surface area contributed by atoms with Gasteiger partial charge in [0.15, 0.2) is 0 Å². The van der Waals surface area contributed by atoms with E-state index in [4.69, 9.17) is 14.3 Å². The molecule has 0 unspecified atom stereocenters. The molecule has 0 aliphatic carbocycles. The molecule has 2 amide bonds. The van der Waals surface area contributed by atoms with E-state index in [-0.39, 0.29) is 36.1 Å². The maximum absolute atomic E-state index is 12.9. The molecule has 1 heterocycles. The van der Waals surface area contributed by atoms with Crippen molar-refractivity contribution < 1.29 is 45.5 Å². The smallest absolute Gasteiger partial charge is 0.416 e. The van der Waals surface area contributed by atoms with Gasteiger partial charge in [0.25, 0.3) is 10.0 Å².